The van der Waals surface area contributed by atoms with Gasteiger partial charge in [0.25, 0.3) is 10.2 Å². The van der Waals surface area contributed by atoms with Crippen molar-refractivity contribution in [1.82, 2.24) is 18.6 Å². The zero-order chi connectivity index (χ0) is 21.3. The van der Waals surface area contributed by atoms with Gasteiger partial charge in [0.1, 0.15) is 5.82 Å². The van der Waals surface area contributed by atoms with E-state index in [4.69, 9.17) is 0 Å². The smallest absolute Gasteiger partial charge is 0.282 e. The molecular weight excluding hydrogens is 410 g/mol. The summed E-state index contributed by atoms with van der Waals surface area (Å²) in [6.45, 7) is 2.12. The van der Waals surface area contributed by atoms with E-state index in [0.717, 1.165) is 59.2 Å². The normalized spacial score (nSPS) is 18.5. The summed E-state index contributed by atoms with van der Waals surface area (Å²) in [5, 5.41) is 4.46. The number of hydrogen-bond donors (Lipinski definition) is 1. The molecule has 5 rings (SSSR count). The van der Waals surface area contributed by atoms with E-state index in [9.17, 15) is 8.42 Å². The lowest BCUT2D eigenvalue weighted by atomic mass is 10.0. The van der Waals surface area contributed by atoms with Gasteiger partial charge in [-0.1, -0.05) is 31.0 Å². The van der Waals surface area contributed by atoms with Gasteiger partial charge in [0.2, 0.25) is 0 Å². The summed E-state index contributed by atoms with van der Waals surface area (Å²) in [4.78, 5) is 9.05. The molecule has 162 valence electrons. The van der Waals surface area contributed by atoms with Crippen LogP contribution >= 0.6 is 0 Å². The van der Waals surface area contributed by atoms with Gasteiger partial charge in [-0.15, -0.1) is 0 Å². The summed E-state index contributed by atoms with van der Waals surface area (Å²) in [6, 6.07) is 12.0. The van der Waals surface area contributed by atoms with Gasteiger partial charge < -0.3 is 5.32 Å². The van der Waals surface area contributed by atoms with Gasteiger partial charge in [0.05, 0.1) is 17.4 Å². The van der Waals surface area contributed by atoms with Crippen molar-refractivity contribution in [1.29, 1.82) is 0 Å². The predicted octanol–water partition coefficient (Wildman–Crippen LogP) is 3.85. The molecule has 1 fully saturated rings. The van der Waals surface area contributed by atoms with Crippen LogP contribution in [0.25, 0.3) is 10.9 Å². The summed E-state index contributed by atoms with van der Waals surface area (Å²) in [5.74, 6) is 0.779. The van der Waals surface area contributed by atoms with Gasteiger partial charge in [-0.25, -0.2) is 4.98 Å². The second-order valence-corrected chi connectivity index (χ2v) is 10.2. The lowest BCUT2D eigenvalue weighted by Crippen LogP contribution is -2.46. The van der Waals surface area contributed by atoms with Gasteiger partial charge in [0.15, 0.2) is 0 Å². The van der Waals surface area contributed by atoms with Crippen LogP contribution < -0.4 is 5.32 Å². The fraction of sp³-hybridized carbons (Fsp3) is 0.391. The third-order valence-corrected chi connectivity index (χ3v) is 8.16. The van der Waals surface area contributed by atoms with E-state index in [1.165, 1.54) is 0 Å². The molecule has 0 bridgehead atoms. The Bertz CT molecular complexity index is 1190. The number of aromatic nitrogens is 2. The summed E-state index contributed by atoms with van der Waals surface area (Å²) in [5.41, 5.74) is 3.92. The lowest BCUT2D eigenvalue weighted by molar-refractivity contribution is 0.328. The molecule has 8 heteroatoms. The minimum Gasteiger partial charge on any atom is -0.339 e. The Balaban J connectivity index is 1.37. The molecule has 4 heterocycles. The maximum absolute atomic E-state index is 13.2. The number of nitrogens with one attached hydrogen (secondary N) is 1. The number of anilines is 2. The SMILES string of the molecule is O=S(=O)(N1CCCCCC1)N1CCc2c(ccnc2Nc2cnc3ccccc3c2)C1. The molecule has 0 atom stereocenters. The average molecular weight is 438 g/mol. The van der Waals surface area contributed by atoms with Crippen molar-refractivity contribution in [2.75, 3.05) is 25.0 Å². The number of para-hydroxylation sites is 1. The first kappa shape index (κ1) is 20.4. The van der Waals surface area contributed by atoms with E-state index in [0.29, 0.717) is 32.6 Å². The quantitative estimate of drug-likeness (QED) is 0.671. The first-order chi connectivity index (χ1) is 15.1. The minimum atomic E-state index is -3.43. The zero-order valence-corrected chi connectivity index (χ0v) is 18.3. The van der Waals surface area contributed by atoms with Crippen LogP contribution in [0.5, 0.6) is 0 Å². The molecule has 0 unspecified atom stereocenters. The number of rotatable bonds is 4. The lowest BCUT2D eigenvalue weighted by Gasteiger charge is -2.33. The maximum Gasteiger partial charge on any atom is 0.282 e. The van der Waals surface area contributed by atoms with E-state index in [-0.39, 0.29) is 0 Å². The van der Waals surface area contributed by atoms with Gasteiger partial charge in [0, 0.05) is 43.3 Å². The standard InChI is InChI=1S/C23H27N5O2S/c29-31(30,27-12-5-1-2-6-13-27)28-14-10-21-19(17-28)9-11-24-23(21)26-20-15-18-7-3-4-8-22(18)25-16-20/h3-4,7-9,11,15-16H,1-2,5-6,10,12-14,17H2,(H,24,26). The Morgan fingerprint density at radius 2 is 1.71 bits per heavy atom. The highest BCUT2D eigenvalue weighted by Gasteiger charge is 2.33. The van der Waals surface area contributed by atoms with Crippen molar-refractivity contribution in [2.24, 2.45) is 0 Å². The molecule has 0 radical (unpaired) electrons. The second-order valence-electron chi connectivity index (χ2n) is 8.24. The van der Waals surface area contributed by atoms with Crippen LogP contribution in [-0.2, 0) is 23.2 Å². The fourth-order valence-electron chi connectivity index (χ4n) is 4.48. The van der Waals surface area contributed by atoms with Crippen molar-refractivity contribution in [2.45, 2.75) is 38.6 Å². The van der Waals surface area contributed by atoms with E-state index in [1.807, 2.05) is 36.5 Å². The van der Waals surface area contributed by atoms with E-state index < -0.39 is 10.2 Å². The van der Waals surface area contributed by atoms with Crippen molar-refractivity contribution < 1.29 is 8.42 Å². The van der Waals surface area contributed by atoms with Crippen LogP contribution in [0.3, 0.4) is 0 Å². The molecule has 1 N–H and O–H groups in total. The summed E-state index contributed by atoms with van der Waals surface area (Å²) < 4.78 is 29.7. The van der Waals surface area contributed by atoms with Gasteiger partial charge in [-0.3, -0.25) is 4.98 Å². The highest BCUT2D eigenvalue weighted by molar-refractivity contribution is 7.86. The third kappa shape index (κ3) is 4.15. The topological polar surface area (TPSA) is 78.4 Å². The number of benzene rings is 1. The van der Waals surface area contributed by atoms with Crippen molar-refractivity contribution in [3.05, 3.63) is 59.9 Å². The van der Waals surface area contributed by atoms with Gasteiger partial charge >= 0.3 is 0 Å². The van der Waals surface area contributed by atoms with Gasteiger partial charge in [-0.05, 0) is 43.0 Å². The highest BCUT2D eigenvalue weighted by atomic mass is 32.2. The molecule has 1 aromatic carbocycles. The minimum absolute atomic E-state index is 0.390. The Hall–Kier alpha value is -2.55. The van der Waals surface area contributed by atoms with Crippen molar-refractivity contribution in [3.63, 3.8) is 0 Å². The molecule has 0 spiro atoms. The molecule has 2 aliphatic heterocycles. The third-order valence-electron chi connectivity index (χ3n) is 6.18. The van der Waals surface area contributed by atoms with Crippen molar-refractivity contribution in [3.8, 4) is 0 Å². The Morgan fingerprint density at radius 1 is 0.903 bits per heavy atom. The van der Waals surface area contributed by atoms with E-state index in [2.05, 4.69) is 21.4 Å². The van der Waals surface area contributed by atoms with Crippen molar-refractivity contribution >= 4 is 32.6 Å². The Morgan fingerprint density at radius 3 is 2.55 bits per heavy atom. The Kier molecular flexibility index (Phi) is 5.60. The first-order valence-corrected chi connectivity index (χ1v) is 12.3. The molecule has 0 amide bonds. The molecule has 31 heavy (non-hydrogen) atoms. The summed E-state index contributed by atoms with van der Waals surface area (Å²) in [6.07, 6.45) is 8.31. The molecule has 7 nitrogen and oxygen atoms in total. The fourth-order valence-corrected chi connectivity index (χ4v) is 6.15. The zero-order valence-electron chi connectivity index (χ0n) is 17.5. The predicted molar refractivity (Wildman–Crippen MR) is 122 cm³/mol. The summed E-state index contributed by atoms with van der Waals surface area (Å²) >= 11 is 0. The monoisotopic (exact) mass is 437 g/mol. The van der Waals surface area contributed by atoms with Crippen LogP contribution in [0.1, 0.15) is 36.8 Å². The molecule has 0 saturated carbocycles. The molecular formula is C23H27N5O2S. The molecule has 2 aliphatic rings. The van der Waals surface area contributed by atoms with Crippen LogP contribution in [0, 0.1) is 0 Å². The number of hydrogen-bond acceptors (Lipinski definition) is 5. The molecule has 2 aromatic heterocycles. The molecule has 3 aromatic rings. The van der Waals surface area contributed by atoms with Crippen LogP contribution in [0.4, 0.5) is 11.5 Å². The maximum atomic E-state index is 13.2. The number of pyridine rings is 2. The number of fused-ring (bicyclic) bond motifs is 2. The first-order valence-electron chi connectivity index (χ1n) is 10.9. The molecule has 1 saturated heterocycles. The van der Waals surface area contributed by atoms with Crippen LogP contribution in [-0.4, -0.2) is 46.6 Å². The highest BCUT2D eigenvalue weighted by Crippen LogP contribution is 2.29. The second kappa shape index (κ2) is 8.53. The Labute approximate surface area is 183 Å². The van der Waals surface area contributed by atoms with Crippen LogP contribution in [0.15, 0.2) is 48.8 Å². The van der Waals surface area contributed by atoms with Gasteiger partial charge in [-0.2, -0.15) is 17.0 Å². The van der Waals surface area contributed by atoms with E-state index >= 15 is 0 Å². The van der Waals surface area contributed by atoms with E-state index in [1.54, 1.807) is 14.8 Å². The molecule has 0 aliphatic carbocycles. The number of nitrogens with zero attached hydrogens (tertiary/aromatic N) is 4. The van der Waals surface area contributed by atoms with Crippen LogP contribution in [0.2, 0.25) is 0 Å². The summed E-state index contributed by atoms with van der Waals surface area (Å²) in [7, 11) is -3.43. The average Bonchev–Trinajstić information content (AvgIpc) is 3.09. The largest absolute Gasteiger partial charge is 0.339 e.